The first-order valence-corrected chi connectivity index (χ1v) is 8.93. The quantitative estimate of drug-likeness (QED) is 0.762. The first-order chi connectivity index (χ1) is 12.3. The van der Waals surface area contributed by atoms with E-state index in [-0.39, 0.29) is 6.10 Å². The number of benzene rings is 2. The summed E-state index contributed by atoms with van der Waals surface area (Å²) in [5.74, 6) is 1.34. The van der Waals surface area contributed by atoms with Crippen LogP contribution in [0.15, 0.2) is 54.9 Å². The Bertz CT molecular complexity index is 850. The van der Waals surface area contributed by atoms with Crippen molar-refractivity contribution in [2.75, 3.05) is 18.5 Å². The summed E-state index contributed by atoms with van der Waals surface area (Å²) in [6.45, 7) is 3.78. The van der Waals surface area contributed by atoms with Gasteiger partial charge in [-0.3, -0.25) is 0 Å². The van der Waals surface area contributed by atoms with Gasteiger partial charge >= 0.3 is 0 Å². The molecule has 2 aromatic carbocycles. The van der Waals surface area contributed by atoms with Crippen LogP contribution >= 0.6 is 0 Å². The summed E-state index contributed by atoms with van der Waals surface area (Å²) in [4.78, 5) is 8.83. The number of anilines is 1. The van der Waals surface area contributed by atoms with Crippen molar-refractivity contribution in [2.24, 2.45) is 5.92 Å². The van der Waals surface area contributed by atoms with E-state index in [0.29, 0.717) is 5.92 Å². The number of rotatable bonds is 4. The summed E-state index contributed by atoms with van der Waals surface area (Å²) in [5, 5.41) is 4.63. The number of aryl methyl sites for hydroxylation is 1. The Morgan fingerprint density at radius 2 is 2.00 bits per heavy atom. The van der Waals surface area contributed by atoms with E-state index in [1.54, 1.807) is 6.33 Å². The molecule has 128 valence electrons. The van der Waals surface area contributed by atoms with E-state index in [9.17, 15) is 0 Å². The summed E-state index contributed by atoms with van der Waals surface area (Å²) in [5.41, 5.74) is 3.45. The second-order valence-corrected chi connectivity index (χ2v) is 6.73. The van der Waals surface area contributed by atoms with Gasteiger partial charge in [0.15, 0.2) is 0 Å². The van der Waals surface area contributed by atoms with Crippen molar-refractivity contribution >= 4 is 16.7 Å². The SMILES string of the molecule is Cc1ccc2ncnc(NCC3CCCOC3c3ccccc3)c2c1. The van der Waals surface area contributed by atoms with Gasteiger partial charge in [0, 0.05) is 24.5 Å². The molecule has 4 rings (SSSR count). The minimum Gasteiger partial charge on any atom is -0.373 e. The summed E-state index contributed by atoms with van der Waals surface area (Å²) < 4.78 is 6.10. The summed E-state index contributed by atoms with van der Waals surface area (Å²) in [7, 11) is 0. The highest BCUT2D eigenvalue weighted by atomic mass is 16.5. The third-order valence-electron chi connectivity index (χ3n) is 4.90. The average molecular weight is 333 g/mol. The van der Waals surface area contributed by atoms with Crippen LogP contribution < -0.4 is 5.32 Å². The molecule has 2 heterocycles. The lowest BCUT2D eigenvalue weighted by Gasteiger charge is -2.32. The highest BCUT2D eigenvalue weighted by Crippen LogP contribution is 2.34. The normalized spacial score (nSPS) is 20.5. The Morgan fingerprint density at radius 1 is 1.12 bits per heavy atom. The second kappa shape index (κ2) is 7.19. The first kappa shape index (κ1) is 16.0. The number of aromatic nitrogens is 2. The molecule has 0 aliphatic carbocycles. The highest BCUT2D eigenvalue weighted by molar-refractivity contribution is 5.89. The average Bonchev–Trinajstić information content (AvgIpc) is 2.67. The number of fused-ring (bicyclic) bond motifs is 1. The Balaban J connectivity index is 1.55. The van der Waals surface area contributed by atoms with E-state index in [0.717, 1.165) is 42.7 Å². The molecule has 0 radical (unpaired) electrons. The van der Waals surface area contributed by atoms with Crippen molar-refractivity contribution < 1.29 is 4.74 Å². The Labute approximate surface area is 148 Å². The molecule has 1 aromatic heterocycles. The molecule has 1 aliphatic rings. The third-order valence-corrected chi connectivity index (χ3v) is 4.90. The third kappa shape index (κ3) is 3.49. The molecule has 1 aliphatic heterocycles. The van der Waals surface area contributed by atoms with Gasteiger partial charge in [-0.15, -0.1) is 0 Å². The van der Waals surface area contributed by atoms with Crippen molar-refractivity contribution in [1.82, 2.24) is 9.97 Å². The fraction of sp³-hybridized carbons (Fsp3) is 0.333. The van der Waals surface area contributed by atoms with Crippen LogP contribution in [0.4, 0.5) is 5.82 Å². The van der Waals surface area contributed by atoms with Gasteiger partial charge in [-0.25, -0.2) is 9.97 Å². The number of nitrogens with zero attached hydrogens (tertiary/aromatic N) is 2. The van der Waals surface area contributed by atoms with Crippen molar-refractivity contribution in [2.45, 2.75) is 25.9 Å². The lowest BCUT2D eigenvalue weighted by atomic mass is 9.89. The van der Waals surface area contributed by atoms with Crippen molar-refractivity contribution in [3.8, 4) is 0 Å². The Kier molecular flexibility index (Phi) is 4.61. The van der Waals surface area contributed by atoms with Gasteiger partial charge in [0.05, 0.1) is 11.6 Å². The number of hydrogen-bond donors (Lipinski definition) is 1. The van der Waals surface area contributed by atoms with Crippen LogP contribution in [-0.4, -0.2) is 23.1 Å². The first-order valence-electron chi connectivity index (χ1n) is 8.93. The topological polar surface area (TPSA) is 47.0 Å². The number of nitrogens with one attached hydrogen (secondary N) is 1. The Morgan fingerprint density at radius 3 is 2.88 bits per heavy atom. The molecular formula is C21H23N3O. The molecule has 2 atom stereocenters. The van der Waals surface area contributed by atoms with E-state index < -0.39 is 0 Å². The van der Waals surface area contributed by atoms with Gasteiger partial charge < -0.3 is 10.1 Å². The molecular weight excluding hydrogens is 310 g/mol. The molecule has 4 heteroatoms. The molecule has 3 aromatic rings. The number of hydrogen-bond acceptors (Lipinski definition) is 4. The zero-order valence-electron chi connectivity index (χ0n) is 14.5. The zero-order chi connectivity index (χ0) is 17.1. The lowest BCUT2D eigenvalue weighted by Crippen LogP contribution is -2.28. The van der Waals surface area contributed by atoms with Crippen LogP contribution in [0, 0.1) is 12.8 Å². The summed E-state index contributed by atoms with van der Waals surface area (Å²) >= 11 is 0. The molecule has 1 fully saturated rings. The predicted octanol–water partition coefficient (Wildman–Crippen LogP) is 4.52. The Hall–Kier alpha value is -2.46. The van der Waals surface area contributed by atoms with Gasteiger partial charge in [-0.05, 0) is 37.5 Å². The lowest BCUT2D eigenvalue weighted by molar-refractivity contribution is -0.0238. The van der Waals surface area contributed by atoms with Crippen LogP contribution in [0.2, 0.25) is 0 Å². The van der Waals surface area contributed by atoms with Crippen LogP contribution in [0.5, 0.6) is 0 Å². The van der Waals surface area contributed by atoms with E-state index >= 15 is 0 Å². The highest BCUT2D eigenvalue weighted by Gasteiger charge is 2.27. The molecule has 2 unspecified atom stereocenters. The van der Waals surface area contributed by atoms with Gasteiger partial charge in [0.2, 0.25) is 0 Å². The van der Waals surface area contributed by atoms with E-state index in [1.165, 1.54) is 11.1 Å². The van der Waals surface area contributed by atoms with Gasteiger partial charge in [0.1, 0.15) is 12.1 Å². The minimum absolute atomic E-state index is 0.150. The standard InChI is InChI=1S/C21H23N3O/c1-15-9-10-19-18(12-15)21(24-14-23-19)22-13-17-8-5-11-25-20(17)16-6-3-2-4-7-16/h2-4,6-7,9-10,12,14,17,20H,5,8,11,13H2,1H3,(H,22,23,24). The molecule has 1 saturated heterocycles. The van der Waals surface area contributed by atoms with Crippen LogP contribution in [-0.2, 0) is 4.74 Å². The van der Waals surface area contributed by atoms with Gasteiger partial charge in [-0.1, -0.05) is 42.0 Å². The fourth-order valence-electron chi connectivity index (χ4n) is 3.60. The maximum absolute atomic E-state index is 6.10. The van der Waals surface area contributed by atoms with Crippen molar-refractivity contribution in [3.05, 3.63) is 66.0 Å². The second-order valence-electron chi connectivity index (χ2n) is 6.73. The monoisotopic (exact) mass is 333 g/mol. The van der Waals surface area contributed by atoms with E-state index in [1.807, 2.05) is 6.07 Å². The molecule has 4 nitrogen and oxygen atoms in total. The van der Waals surface area contributed by atoms with E-state index in [2.05, 4.69) is 64.7 Å². The van der Waals surface area contributed by atoms with E-state index in [4.69, 9.17) is 4.74 Å². The maximum atomic E-state index is 6.10. The minimum atomic E-state index is 0.150. The zero-order valence-corrected chi connectivity index (χ0v) is 14.5. The van der Waals surface area contributed by atoms with Gasteiger partial charge in [-0.2, -0.15) is 0 Å². The largest absolute Gasteiger partial charge is 0.373 e. The summed E-state index contributed by atoms with van der Waals surface area (Å²) in [6.07, 6.45) is 4.05. The van der Waals surface area contributed by atoms with Crippen LogP contribution in [0.3, 0.4) is 0 Å². The molecule has 1 N–H and O–H groups in total. The van der Waals surface area contributed by atoms with Crippen molar-refractivity contribution in [3.63, 3.8) is 0 Å². The van der Waals surface area contributed by atoms with Crippen molar-refractivity contribution in [1.29, 1.82) is 0 Å². The maximum Gasteiger partial charge on any atom is 0.137 e. The predicted molar refractivity (Wildman–Crippen MR) is 101 cm³/mol. The van der Waals surface area contributed by atoms with Gasteiger partial charge in [0.25, 0.3) is 0 Å². The molecule has 25 heavy (non-hydrogen) atoms. The number of ether oxygens (including phenoxy) is 1. The molecule has 0 amide bonds. The molecule has 0 saturated carbocycles. The molecule has 0 spiro atoms. The van der Waals surface area contributed by atoms with Crippen LogP contribution in [0.25, 0.3) is 10.9 Å². The fourth-order valence-corrected chi connectivity index (χ4v) is 3.60. The summed E-state index contributed by atoms with van der Waals surface area (Å²) in [6, 6.07) is 16.8. The molecule has 0 bridgehead atoms. The van der Waals surface area contributed by atoms with Crippen LogP contribution in [0.1, 0.15) is 30.1 Å². The smallest absolute Gasteiger partial charge is 0.137 e.